The highest BCUT2D eigenvalue weighted by Gasteiger charge is 2.50. The quantitative estimate of drug-likeness (QED) is 0.779. The molecular weight excluding hydrogens is 264 g/mol. The van der Waals surface area contributed by atoms with E-state index in [2.05, 4.69) is 4.90 Å². The summed E-state index contributed by atoms with van der Waals surface area (Å²) in [6.07, 6.45) is 9.59. The van der Waals surface area contributed by atoms with Gasteiger partial charge in [0.15, 0.2) is 0 Å². The van der Waals surface area contributed by atoms with Crippen LogP contribution in [0.2, 0.25) is 0 Å². The largest absolute Gasteiger partial charge is 0.371 e. The number of fused-ring (bicyclic) bond motifs is 1. The molecular formula is C17H30N2O2. The highest BCUT2D eigenvalue weighted by atomic mass is 16.5. The zero-order valence-corrected chi connectivity index (χ0v) is 13.6. The fourth-order valence-corrected chi connectivity index (χ4v) is 4.71. The SMILES string of the molecule is CN(C)C(=O)COC[C@@]12CCC[C@@H]1CN(C1CCCC1)C2. The van der Waals surface area contributed by atoms with Crippen LogP contribution in [0.15, 0.2) is 0 Å². The average molecular weight is 294 g/mol. The van der Waals surface area contributed by atoms with Gasteiger partial charge in [0.05, 0.1) is 6.61 Å². The summed E-state index contributed by atoms with van der Waals surface area (Å²) in [4.78, 5) is 16.0. The van der Waals surface area contributed by atoms with Crippen molar-refractivity contribution in [2.45, 2.75) is 51.0 Å². The minimum absolute atomic E-state index is 0.0755. The molecule has 2 saturated carbocycles. The Bertz CT molecular complexity index is 379. The number of hydrogen-bond acceptors (Lipinski definition) is 3. The summed E-state index contributed by atoms with van der Waals surface area (Å²) in [5, 5.41) is 0. The van der Waals surface area contributed by atoms with Crippen molar-refractivity contribution in [2.24, 2.45) is 11.3 Å². The maximum atomic E-state index is 11.7. The highest BCUT2D eigenvalue weighted by molar-refractivity contribution is 5.76. The van der Waals surface area contributed by atoms with Gasteiger partial charge < -0.3 is 9.64 Å². The van der Waals surface area contributed by atoms with Crippen LogP contribution in [0.3, 0.4) is 0 Å². The van der Waals surface area contributed by atoms with Gasteiger partial charge in [0, 0.05) is 38.6 Å². The Labute approximate surface area is 128 Å². The fourth-order valence-electron chi connectivity index (χ4n) is 4.71. The first-order valence-electron chi connectivity index (χ1n) is 8.63. The second-order valence-electron chi connectivity index (χ2n) is 7.60. The number of amides is 1. The van der Waals surface area contributed by atoms with Crippen LogP contribution < -0.4 is 0 Å². The Morgan fingerprint density at radius 2 is 2.00 bits per heavy atom. The van der Waals surface area contributed by atoms with E-state index in [0.717, 1.165) is 18.6 Å². The molecule has 1 aliphatic heterocycles. The number of nitrogens with zero attached hydrogens (tertiary/aromatic N) is 2. The van der Waals surface area contributed by atoms with Crippen molar-refractivity contribution in [2.75, 3.05) is 40.4 Å². The zero-order chi connectivity index (χ0) is 14.9. The van der Waals surface area contributed by atoms with Crippen LogP contribution in [0, 0.1) is 11.3 Å². The Morgan fingerprint density at radius 3 is 2.71 bits per heavy atom. The molecule has 1 saturated heterocycles. The third-order valence-electron chi connectivity index (χ3n) is 6.02. The lowest BCUT2D eigenvalue weighted by atomic mass is 9.81. The maximum Gasteiger partial charge on any atom is 0.248 e. The van der Waals surface area contributed by atoms with Crippen LogP contribution in [0.5, 0.6) is 0 Å². The van der Waals surface area contributed by atoms with Gasteiger partial charge in [-0.1, -0.05) is 19.3 Å². The first kappa shape index (κ1) is 15.3. The zero-order valence-electron chi connectivity index (χ0n) is 13.6. The van der Waals surface area contributed by atoms with Crippen molar-refractivity contribution in [3.63, 3.8) is 0 Å². The number of likely N-dealkylation sites (tertiary alicyclic amines) is 1. The molecule has 0 aromatic rings. The molecule has 3 aliphatic rings. The number of ether oxygens (including phenoxy) is 1. The molecule has 1 amide bonds. The van der Waals surface area contributed by atoms with Gasteiger partial charge in [0.2, 0.25) is 5.91 Å². The van der Waals surface area contributed by atoms with Crippen LogP contribution >= 0.6 is 0 Å². The second kappa shape index (κ2) is 6.25. The van der Waals surface area contributed by atoms with Gasteiger partial charge in [-0.05, 0) is 31.6 Å². The molecule has 21 heavy (non-hydrogen) atoms. The molecule has 0 bridgehead atoms. The minimum Gasteiger partial charge on any atom is -0.371 e. The summed E-state index contributed by atoms with van der Waals surface area (Å²) in [7, 11) is 3.58. The number of rotatable bonds is 5. The Morgan fingerprint density at radius 1 is 1.24 bits per heavy atom. The van der Waals surface area contributed by atoms with Crippen molar-refractivity contribution in [3.8, 4) is 0 Å². The molecule has 120 valence electrons. The van der Waals surface area contributed by atoms with Crippen molar-refractivity contribution >= 4 is 5.91 Å². The van der Waals surface area contributed by atoms with E-state index in [1.54, 1.807) is 19.0 Å². The summed E-state index contributed by atoms with van der Waals surface area (Å²) in [6.45, 7) is 3.50. The monoisotopic (exact) mass is 294 g/mol. The van der Waals surface area contributed by atoms with Crippen LogP contribution in [0.1, 0.15) is 44.9 Å². The number of likely N-dealkylation sites (N-methyl/N-ethyl adjacent to an activating group) is 1. The fraction of sp³-hybridized carbons (Fsp3) is 0.941. The molecule has 0 radical (unpaired) electrons. The van der Waals surface area contributed by atoms with Crippen molar-refractivity contribution in [1.29, 1.82) is 0 Å². The van der Waals surface area contributed by atoms with Crippen molar-refractivity contribution in [1.82, 2.24) is 9.80 Å². The highest BCUT2D eigenvalue weighted by Crippen LogP contribution is 2.50. The molecule has 3 rings (SSSR count). The lowest BCUT2D eigenvalue weighted by Crippen LogP contribution is -2.37. The smallest absolute Gasteiger partial charge is 0.248 e. The minimum atomic E-state index is 0.0755. The molecule has 0 aromatic heterocycles. The third-order valence-corrected chi connectivity index (χ3v) is 6.02. The normalized spacial score (nSPS) is 33.5. The Balaban J connectivity index is 1.55. The van der Waals surface area contributed by atoms with E-state index in [1.807, 2.05) is 0 Å². The standard InChI is InChI=1S/C17H30N2O2/c1-18(2)16(20)11-21-13-17-9-5-6-14(17)10-19(12-17)15-7-3-4-8-15/h14-15H,3-13H2,1-2H3/t14-,17+/m1/s1. The van der Waals surface area contributed by atoms with Crippen LogP contribution in [0.25, 0.3) is 0 Å². The van der Waals surface area contributed by atoms with E-state index in [1.165, 1.54) is 58.0 Å². The van der Waals surface area contributed by atoms with Gasteiger partial charge in [-0.25, -0.2) is 0 Å². The van der Waals surface area contributed by atoms with Crippen LogP contribution in [-0.4, -0.2) is 62.1 Å². The van der Waals surface area contributed by atoms with E-state index < -0.39 is 0 Å². The summed E-state index contributed by atoms with van der Waals surface area (Å²) in [5.41, 5.74) is 0.342. The molecule has 0 aromatic carbocycles. The molecule has 4 nitrogen and oxygen atoms in total. The topological polar surface area (TPSA) is 32.8 Å². The molecule has 0 unspecified atom stereocenters. The van der Waals surface area contributed by atoms with E-state index in [-0.39, 0.29) is 12.5 Å². The number of carbonyl (C=O) groups excluding carboxylic acids is 1. The summed E-state index contributed by atoms with van der Waals surface area (Å²) in [5.74, 6) is 0.874. The van der Waals surface area contributed by atoms with E-state index >= 15 is 0 Å². The van der Waals surface area contributed by atoms with Crippen LogP contribution in [0.4, 0.5) is 0 Å². The Kier molecular flexibility index (Phi) is 4.55. The van der Waals surface area contributed by atoms with Gasteiger partial charge in [-0.2, -0.15) is 0 Å². The molecule has 3 fully saturated rings. The molecule has 2 aliphatic carbocycles. The summed E-state index contributed by atoms with van der Waals surface area (Å²) in [6, 6.07) is 0.830. The first-order valence-corrected chi connectivity index (χ1v) is 8.63. The molecule has 4 heteroatoms. The van der Waals surface area contributed by atoms with E-state index in [9.17, 15) is 4.79 Å². The first-order chi connectivity index (χ1) is 10.1. The number of hydrogen-bond donors (Lipinski definition) is 0. The van der Waals surface area contributed by atoms with Gasteiger partial charge in [-0.3, -0.25) is 9.69 Å². The van der Waals surface area contributed by atoms with Gasteiger partial charge in [0.1, 0.15) is 6.61 Å². The molecule has 0 N–H and O–H groups in total. The lowest BCUT2D eigenvalue weighted by molar-refractivity contribution is -0.135. The van der Waals surface area contributed by atoms with Gasteiger partial charge in [-0.15, -0.1) is 0 Å². The van der Waals surface area contributed by atoms with Crippen molar-refractivity contribution in [3.05, 3.63) is 0 Å². The second-order valence-corrected chi connectivity index (χ2v) is 7.60. The average Bonchev–Trinajstić information content (AvgIpc) is 3.12. The van der Waals surface area contributed by atoms with Crippen molar-refractivity contribution < 1.29 is 9.53 Å². The van der Waals surface area contributed by atoms with E-state index in [0.29, 0.717) is 5.41 Å². The Hall–Kier alpha value is -0.610. The summed E-state index contributed by atoms with van der Waals surface area (Å²) < 4.78 is 5.84. The third kappa shape index (κ3) is 3.11. The van der Waals surface area contributed by atoms with E-state index in [4.69, 9.17) is 4.74 Å². The predicted molar refractivity (Wildman–Crippen MR) is 83.1 cm³/mol. The molecule has 1 heterocycles. The van der Waals surface area contributed by atoms with Gasteiger partial charge in [0.25, 0.3) is 0 Å². The molecule has 2 atom stereocenters. The van der Waals surface area contributed by atoms with Gasteiger partial charge >= 0.3 is 0 Å². The number of carbonyl (C=O) groups is 1. The van der Waals surface area contributed by atoms with Crippen LogP contribution in [-0.2, 0) is 9.53 Å². The molecule has 0 spiro atoms. The predicted octanol–water partition coefficient (Wildman–Crippen LogP) is 2.14. The maximum absolute atomic E-state index is 11.7. The lowest BCUT2D eigenvalue weighted by Gasteiger charge is -2.30. The summed E-state index contributed by atoms with van der Waals surface area (Å²) >= 11 is 0.